The van der Waals surface area contributed by atoms with Crippen LogP contribution < -0.4 is 15.4 Å². The van der Waals surface area contributed by atoms with Gasteiger partial charge in [0.25, 0.3) is 0 Å². The van der Waals surface area contributed by atoms with Crippen molar-refractivity contribution in [2.24, 2.45) is 0 Å². The molecule has 0 aliphatic heterocycles. The summed E-state index contributed by atoms with van der Waals surface area (Å²) in [7, 11) is 0. The van der Waals surface area contributed by atoms with Gasteiger partial charge in [0, 0.05) is 6.07 Å². The van der Waals surface area contributed by atoms with Crippen molar-refractivity contribution in [2.75, 3.05) is 18.5 Å². The zero-order valence-corrected chi connectivity index (χ0v) is 13.6. The molecule has 2 aromatic carbocycles. The van der Waals surface area contributed by atoms with Gasteiger partial charge in [-0.2, -0.15) is 0 Å². The highest BCUT2D eigenvalue weighted by atomic mass is 19.1. The largest absolute Gasteiger partial charge is 0.492 e. The third-order valence-electron chi connectivity index (χ3n) is 3.36. The molecule has 24 heavy (non-hydrogen) atoms. The number of carbonyl (C=O) groups excluding carboxylic acids is 1. The molecule has 0 heterocycles. The van der Waals surface area contributed by atoms with E-state index < -0.39 is 17.7 Å². The molecule has 0 atom stereocenters. The third-order valence-corrected chi connectivity index (χ3v) is 3.36. The van der Waals surface area contributed by atoms with Crippen LogP contribution >= 0.6 is 0 Å². The van der Waals surface area contributed by atoms with Crippen LogP contribution in [0, 0.1) is 11.6 Å². The predicted octanol–water partition coefficient (Wildman–Crippen LogP) is 4.29. The Morgan fingerprint density at radius 1 is 1.17 bits per heavy atom. The third kappa shape index (κ3) is 5.22. The average molecular weight is 334 g/mol. The number of nitrogens with one attached hydrogen (secondary N) is 2. The monoisotopic (exact) mass is 334 g/mol. The molecule has 0 spiro atoms. The fourth-order valence-corrected chi connectivity index (χ4v) is 2.05. The van der Waals surface area contributed by atoms with Gasteiger partial charge in [0.15, 0.2) is 0 Å². The number of hydrogen-bond acceptors (Lipinski definition) is 2. The van der Waals surface area contributed by atoms with Gasteiger partial charge >= 0.3 is 6.03 Å². The van der Waals surface area contributed by atoms with E-state index in [2.05, 4.69) is 24.5 Å². The van der Waals surface area contributed by atoms with E-state index in [-0.39, 0.29) is 18.8 Å². The Morgan fingerprint density at radius 3 is 2.67 bits per heavy atom. The van der Waals surface area contributed by atoms with Gasteiger partial charge in [-0.25, -0.2) is 13.6 Å². The predicted molar refractivity (Wildman–Crippen MR) is 89.4 cm³/mol. The van der Waals surface area contributed by atoms with Crippen molar-refractivity contribution in [1.29, 1.82) is 0 Å². The minimum atomic E-state index is -0.827. The first-order chi connectivity index (χ1) is 11.5. The summed E-state index contributed by atoms with van der Waals surface area (Å²) in [5.74, 6) is -0.390. The highest BCUT2D eigenvalue weighted by molar-refractivity contribution is 5.89. The second-order valence-corrected chi connectivity index (χ2v) is 5.58. The first-order valence-corrected chi connectivity index (χ1v) is 7.68. The molecule has 0 unspecified atom stereocenters. The number of rotatable bonds is 6. The number of amides is 2. The van der Waals surface area contributed by atoms with Crippen LogP contribution in [0.15, 0.2) is 42.5 Å². The summed E-state index contributed by atoms with van der Waals surface area (Å²) >= 11 is 0. The lowest BCUT2D eigenvalue weighted by molar-refractivity contribution is 0.247. The Balaban J connectivity index is 1.76. The first kappa shape index (κ1) is 17.7. The van der Waals surface area contributed by atoms with Crippen molar-refractivity contribution in [3.63, 3.8) is 0 Å². The summed E-state index contributed by atoms with van der Waals surface area (Å²) in [4.78, 5) is 11.7. The second-order valence-electron chi connectivity index (χ2n) is 5.58. The molecule has 0 aliphatic rings. The molecule has 0 fully saturated rings. The van der Waals surface area contributed by atoms with Gasteiger partial charge in [-0.1, -0.05) is 26.0 Å². The maximum atomic E-state index is 13.4. The van der Waals surface area contributed by atoms with Gasteiger partial charge in [0.1, 0.15) is 24.0 Å². The number of urea groups is 1. The molecule has 0 aromatic heterocycles. The maximum Gasteiger partial charge on any atom is 0.319 e. The molecule has 2 amide bonds. The van der Waals surface area contributed by atoms with E-state index in [1.807, 2.05) is 24.3 Å². The van der Waals surface area contributed by atoms with Gasteiger partial charge in [-0.3, -0.25) is 0 Å². The summed E-state index contributed by atoms with van der Waals surface area (Å²) in [6.45, 7) is 4.72. The van der Waals surface area contributed by atoms with Crippen molar-refractivity contribution < 1.29 is 18.3 Å². The molecular formula is C18H20F2N2O2. The van der Waals surface area contributed by atoms with Crippen LogP contribution in [0.25, 0.3) is 0 Å². The smallest absolute Gasteiger partial charge is 0.319 e. The lowest BCUT2D eigenvalue weighted by Crippen LogP contribution is -2.32. The molecule has 128 valence electrons. The zero-order chi connectivity index (χ0) is 17.5. The van der Waals surface area contributed by atoms with Crippen LogP contribution in [0.4, 0.5) is 19.3 Å². The fraction of sp³-hybridized carbons (Fsp3) is 0.278. The second kappa shape index (κ2) is 8.29. The van der Waals surface area contributed by atoms with E-state index in [1.54, 1.807) is 0 Å². The minimum Gasteiger partial charge on any atom is -0.492 e. The van der Waals surface area contributed by atoms with Gasteiger partial charge in [0.2, 0.25) is 0 Å². The Bertz CT molecular complexity index is 705. The molecule has 2 rings (SSSR count). The quantitative estimate of drug-likeness (QED) is 0.774. The van der Waals surface area contributed by atoms with Gasteiger partial charge in [0.05, 0.1) is 12.2 Å². The van der Waals surface area contributed by atoms with Crippen molar-refractivity contribution in [3.8, 4) is 5.75 Å². The summed E-state index contributed by atoms with van der Waals surface area (Å²) in [6, 6.07) is 10.1. The number of ether oxygens (including phenoxy) is 1. The summed E-state index contributed by atoms with van der Waals surface area (Å²) < 4.78 is 31.8. The summed E-state index contributed by atoms with van der Waals surface area (Å²) in [5.41, 5.74) is 1.09. The Morgan fingerprint density at radius 2 is 1.96 bits per heavy atom. The van der Waals surface area contributed by atoms with Crippen LogP contribution in [0.3, 0.4) is 0 Å². The normalized spacial score (nSPS) is 10.5. The van der Waals surface area contributed by atoms with Crippen molar-refractivity contribution in [2.45, 2.75) is 19.8 Å². The molecular weight excluding hydrogens is 314 g/mol. The molecule has 0 saturated heterocycles. The van der Waals surface area contributed by atoms with Crippen LogP contribution in [-0.2, 0) is 0 Å². The van der Waals surface area contributed by atoms with Gasteiger partial charge in [-0.05, 0) is 35.7 Å². The Hall–Kier alpha value is -2.63. The van der Waals surface area contributed by atoms with Crippen LogP contribution in [0.5, 0.6) is 5.75 Å². The fourth-order valence-electron chi connectivity index (χ4n) is 2.05. The first-order valence-electron chi connectivity index (χ1n) is 7.68. The average Bonchev–Trinajstić information content (AvgIpc) is 2.54. The lowest BCUT2D eigenvalue weighted by atomic mass is 10.0. The topological polar surface area (TPSA) is 50.4 Å². The summed E-state index contributed by atoms with van der Waals surface area (Å²) in [6.07, 6.45) is 0. The Labute approximate surface area is 139 Å². The van der Waals surface area contributed by atoms with Gasteiger partial charge < -0.3 is 15.4 Å². The van der Waals surface area contributed by atoms with E-state index in [0.29, 0.717) is 12.0 Å². The van der Waals surface area contributed by atoms with E-state index in [0.717, 1.165) is 17.9 Å². The molecule has 4 nitrogen and oxygen atoms in total. The lowest BCUT2D eigenvalue weighted by Gasteiger charge is -2.11. The molecule has 0 bridgehead atoms. The van der Waals surface area contributed by atoms with Crippen molar-refractivity contribution in [1.82, 2.24) is 5.32 Å². The minimum absolute atomic E-state index is 0.0838. The number of anilines is 1. The highest BCUT2D eigenvalue weighted by Gasteiger charge is 2.07. The SMILES string of the molecule is CC(C)c1cccc(OCCNC(=O)Nc2ccc(F)cc2F)c1. The molecule has 0 saturated carbocycles. The Kier molecular flexibility index (Phi) is 6.12. The highest BCUT2D eigenvalue weighted by Crippen LogP contribution is 2.20. The standard InChI is InChI=1S/C18H20F2N2O2/c1-12(2)13-4-3-5-15(10-13)24-9-8-21-18(23)22-17-7-6-14(19)11-16(17)20/h3-7,10-12H,8-9H2,1-2H3,(H2,21,22,23). The van der Waals surface area contributed by atoms with Crippen LogP contribution in [0.2, 0.25) is 0 Å². The van der Waals surface area contributed by atoms with E-state index >= 15 is 0 Å². The van der Waals surface area contributed by atoms with E-state index in [9.17, 15) is 13.6 Å². The van der Waals surface area contributed by atoms with Crippen LogP contribution in [0.1, 0.15) is 25.3 Å². The van der Waals surface area contributed by atoms with E-state index in [1.165, 1.54) is 5.56 Å². The number of benzene rings is 2. The molecule has 0 aliphatic carbocycles. The van der Waals surface area contributed by atoms with Crippen molar-refractivity contribution in [3.05, 3.63) is 59.7 Å². The summed E-state index contributed by atoms with van der Waals surface area (Å²) in [5, 5.41) is 4.86. The molecule has 2 N–H and O–H groups in total. The van der Waals surface area contributed by atoms with Crippen molar-refractivity contribution >= 4 is 11.7 Å². The number of hydrogen-bond donors (Lipinski definition) is 2. The zero-order valence-electron chi connectivity index (χ0n) is 13.6. The van der Waals surface area contributed by atoms with E-state index in [4.69, 9.17) is 4.74 Å². The van der Waals surface area contributed by atoms with Crippen LogP contribution in [-0.4, -0.2) is 19.2 Å². The molecule has 6 heteroatoms. The molecule has 0 radical (unpaired) electrons. The molecule has 2 aromatic rings. The number of carbonyl (C=O) groups is 1. The number of halogens is 2. The maximum absolute atomic E-state index is 13.4. The van der Waals surface area contributed by atoms with Gasteiger partial charge in [-0.15, -0.1) is 0 Å².